The lowest BCUT2D eigenvalue weighted by Crippen LogP contribution is -2.46. The van der Waals surface area contributed by atoms with Gasteiger partial charge < -0.3 is 9.80 Å². The van der Waals surface area contributed by atoms with Gasteiger partial charge in [0, 0.05) is 29.5 Å². The zero-order valence-corrected chi connectivity index (χ0v) is 11.6. The topological polar surface area (TPSA) is 6.48 Å². The van der Waals surface area contributed by atoms with Crippen LogP contribution >= 0.6 is 11.6 Å². The van der Waals surface area contributed by atoms with Gasteiger partial charge in [-0.15, -0.1) is 0 Å². The van der Waals surface area contributed by atoms with Gasteiger partial charge in [0.15, 0.2) is 0 Å². The van der Waals surface area contributed by atoms with Gasteiger partial charge in [0.05, 0.1) is 6.67 Å². The molecule has 0 saturated carbocycles. The van der Waals surface area contributed by atoms with E-state index in [1.54, 1.807) is 0 Å². The Morgan fingerprint density at radius 1 is 0.895 bits per heavy atom. The summed E-state index contributed by atoms with van der Waals surface area (Å²) in [6.07, 6.45) is 0. The van der Waals surface area contributed by atoms with Crippen LogP contribution in [0.5, 0.6) is 0 Å². The maximum absolute atomic E-state index is 6.12. The maximum Gasteiger partial charge on any atom is 0.0910 e. The molecule has 2 aliphatic rings. The fourth-order valence-electron chi connectivity index (χ4n) is 3.18. The second kappa shape index (κ2) is 3.91. The monoisotopic (exact) mass is 270 g/mol. The van der Waals surface area contributed by atoms with Crippen molar-refractivity contribution in [2.24, 2.45) is 0 Å². The minimum atomic E-state index is 0.824. The number of rotatable bonds is 0. The molecule has 19 heavy (non-hydrogen) atoms. The molecule has 0 aliphatic carbocycles. The number of aryl methyl sites for hydroxylation is 1. The van der Waals surface area contributed by atoms with Gasteiger partial charge in [-0.05, 0) is 42.3 Å². The summed E-state index contributed by atoms with van der Waals surface area (Å²) in [5.41, 5.74) is 6.77. The second-order valence-corrected chi connectivity index (χ2v) is 5.88. The molecule has 0 radical (unpaired) electrons. The van der Waals surface area contributed by atoms with Crippen LogP contribution in [-0.2, 0) is 13.1 Å². The molecule has 2 aromatic rings. The van der Waals surface area contributed by atoms with Gasteiger partial charge in [0.2, 0.25) is 0 Å². The third-order valence-corrected chi connectivity index (χ3v) is 4.26. The number of benzene rings is 2. The summed E-state index contributed by atoms with van der Waals surface area (Å²) >= 11 is 6.12. The van der Waals surface area contributed by atoms with E-state index in [4.69, 9.17) is 11.6 Å². The van der Waals surface area contributed by atoms with Crippen LogP contribution in [0, 0.1) is 6.92 Å². The third kappa shape index (κ3) is 1.71. The van der Waals surface area contributed by atoms with Gasteiger partial charge in [-0.3, -0.25) is 0 Å². The van der Waals surface area contributed by atoms with Gasteiger partial charge in [-0.25, -0.2) is 0 Å². The van der Waals surface area contributed by atoms with Crippen molar-refractivity contribution in [1.82, 2.24) is 0 Å². The van der Waals surface area contributed by atoms with Crippen molar-refractivity contribution in [2.75, 3.05) is 16.5 Å². The van der Waals surface area contributed by atoms with Crippen LogP contribution < -0.4 is 9.80 Å². The fraction of sp³-hybridized carbons (Fsp3) is 0.250. The molecule has 0 N–H and O–H groups in total. The average Bonchev–Trinajstić information content (AvgIpc) is 2.37. The first kappa shape index (κ1) is 11.2. The molecule has 2 bridgehead atoms. The van der Waals surface area contributed by atoms with Crippen molar-refractivity contribution < 1.29 is 0 Å². The maximum atomic E-state index is 6.12. The molecule has 0 unspecified atom stereocenters. The van der Waals surface area contributed by atoms with Crippen LogP contribution in [0.3, 0.4) is 0 Å². The van der Waals surface area contributed by atoms with Crippen LogP contribution in [0.2, 0.25) is 5.02 Å². The van der Waals surface area contributed by atoms with Crippen LogP contribution in [-0.4, -0.2) is 6.67 Å². The van der Waals surface area contributed by atoms with E-state index in [0.717, 1.165) is 24.8 Å². The third-order valence-electron chi connectivity index (χ3n) is 4.02. The van der Waals surface area contributed by atoms with Crippen molar-refractivity contribution in [3.63, 3.8) is 0 Å². The number of fused-ring (bicyclic) bond motifs is 6. The van der Waals surface area contributed by atoms with E-state index >= 15 is 0 Å². The largest absolute Gasteiger partial charge is 0.349 e. The quantitative estimate of drug-likeness (QED) is 0.715. The normalized spacial score (nSPS) is 16.1. The number of anilines is 2. The Bertz CT molecular complexity index is 608. The minimum absolute atomic E-state index is 0.824. The Morgan fingerprint density at radius 2 is 1.53 bits per heavy atom. The Morgan fingerprint density at radius 3 is 2.26 bits per heavy atom. The first-order valence-corrected chi connectivity index (χ1v) is 6.96. The average molecular weight is 271 g/mol. The summed E-state index contributed by atoms with van der Waals surface area (Å²) in [5.74, 6) is 0. The highest BCUT2D eigenvalue weighted by atomic mass is 35.5. The molecule has 96 valence electrons. The van der Waals surface area contributed by atoms with Gasteiger partial charge >= 0.3 is 0 Å². The van der Waals surface area contributed by atoms with Crippen LogP contribution in [0.1, 0.15) is 16.7 Å². The SMILES string of the molecule is Cc1ccc2c(c1)CN1CN2Cc2cc(Cl)ccc21. The smallest absolute Gasteiger partial charge is 0.0910 e. The van der Waals surface area contributed by atoms with E-state index in [2.05, 4.69) is 47.1 Å². The van der Waals surface area contributed by atoms with Crippen molar-refractivity contribution >= 4 is 23.0 Å². The molecule has 0 atom stereocenters. The summed E-state index contributed by atoms with van der Waals surface area (Å²) in [6.45, 7) is 5.07. The first-order valence-electron chi connectivity index (χ1n) is 6.58. The molecule has 0 aromatic heterocycles. The lowest BCUT2D eigenvalue weighted by atomic mass is 10.0. The first-order chi connectivity index (χ1) is 9.20. The predicted octanol–water partition coefficient (Wildman–Crippen LogP) is 3.95. The Kier molecular flexibility index (Phi) is 2.30. The standard InChI is InChI=1S/C16H15ClN2/c1-11-2-4-15-12(6-11)8-18-10-19(15)9-13-7-14(17)3-5-16(13)18/h2-7H,8-10H2,1H3. The fourth-order valence-corrected chi connectivity index (χ4v) is 3.37. The molecule has 2 nitrogen and oxygen atoms in total. The molecule has 2 heterocycles. The van der Waals surface area contributed by atoms with E-state index in [0.29, 0.717) is 0 Å². The Labute approximate surface area is 118 Å². The zero-order valence-electron chi connectivity index (χ0n) is 10.9. The van der Waals surface area contributed by atoms with Crippen LogP contribution in [0.15, 0.2) is 36.4 Å². The molecule has 4 rings (SSSR count). The summed E-state index contributed by atoms with van der Waals surface area (Å²) in [6, 6.07) is 13.0. The Balaban J connectivity index is 1.83. The number of hydrogen-bond donors (Lipinski definition) is 0. The second-order valence-electron chi connectivity index (χ2n) is 5.44. The van der Waals surface area contributed by atoms with Crippen molar-refractivity contribution in [2.45, 2.75) is 20.0 Å². The van der Waals surface area contributed by atoms with E-state index in [9.17, 15) is 0 Å². The highest BCUT2D eigenvalue weighted by Crippen LogP contribution is 2.38. The molecule has 0 amide bonds. The molecule has 0 spiro atoms. The van der Waals surface area contributed by atoms with Gasteiger partial charge in [0.1, 0.15) is 0 Å². The molecule has 2 aliphatic heterocycles. The van der Waals surface area contributed by atoms with Crippen LogP contribution in [0.4, 0.5) is 11.4 Å². The summed E-state index contributed by atoms with van der Waals surface area (Å²) in [5, 5.41) is 0.824. The van der Waals surface area contributed by atoms with E-state index in [-0.39, 0.29) is 0 Å². The van der Waals surface area contributed by atoms with Gasteiger partial charge in [-0.1, -0.05) is 29.3 Å². The van der Waals surface area contributed by atoms with Gasteiger partial charge in [-0.2, -0.15) is 0 Å². The van der Waals surface area contributed by atoms with E-state index in [1.165, 1.54) is 28.1 Å². The molecule has 2 aromatic carbocycles. The molecular weight excluding hydrogens is 256 g/mol. The summed E-state index contributed by atoms with van der Waals surface area (Å²) < 4.78 is 0. The summed E-state index contributed by atoms with van der Waals surface area (Å²) in [4.78, 5) is 4.86. The highest BCUT2D eigenvalue weighted by molar-refractivity contribution is 6.30. The predicted molar refractivity (Wildman–Crippen MR) is 79.9 cm³/mol. The molecule has 0 saturated heterocycles. The number of nitrogens with zero attached hydrogens (tertiary/aromatic N) is 2. The van der Waals surface area contributed by atoms with Crippen molar-refractivity contribution in [1.29, 1.82) is 0 Å². The lowest BCUT2D eigenvalue weighted by molar-refractivity contribution is 0.650. The summed E-state index contributed by atoms with van der Waals surface area (Å²) in [7, 11) is 0. The van der Waals surface area contributed by atoms with Crippen LogP contribution in [0.25, 0.3) is 0 Å². The zero-order chi connectivity index (χ0) is 13.0. The number of halogens is 1. The van der Waals surface area contributed by atoms with E-state index < -0.39 is 0 Å². The minimum Gasteiger partial charge on any atom is -0.349 e. The molecule has 3 heteroatoms. The molecule has 0 fully saturated rings. The Hall–Kier alpha value is -1.67. The van der Waals surface area contributed by atoms with Crippen molar-refractivity contribution in [3.8, 4) is 0 Å². The molecular formula is C16H15ClN2. The van der Waals surface area contributed by atoms with Gasteiger partial charge in [0.25, 0.3) is 0 Å². The number of hydrogen-bond acceptors (Lipinski definition) is 2. The van der Waals surface area contributed by atoms with E-state index in [1.807, 2.05) is 6.07 Å². The lowest BCUT2D eigenvalue weighted by Gasteiger charge is -2.44. The highest BCUT2D eigenvalue weighted by Gasteiger charge is 2.29. The van der Waals surface area contributed by atoms with Crippen molar-refractivity contribution in [3.05, 3.63) is 58.1 Å².